The fraction of sp³-hybridized carbons (Fsp3) is 0.500. The molecule has 1 aliphatic rings. The number of pyridine rings is 1. The minimum absolute atomic E-state index is 0.0997. The Bertz CT molecular complexity index is 591. The lowest BCUT2D eigenvalue weighted by molar-refractivity contribution is 0.421. The SMILES string of the molecule is CC(C)(C)NCc1cccc(-n2ccc(C3CC3)n2)n1. The third-order valence-electron chi connectivity index (χ3n) is 3.43. The zero-order chi connectivity index (χ0) is 14.2. The summed E-state index contributed by atoms with van der Waals surface area (Å²) in [6, 6.07) is 8.21. The van der Waals surface area contributed by atoms with Gasteiger partial charge in [-0.15, -0.1) is 0 Å². The fourth-order valence-corrected chi connectivity index (χ4v) is 2.11. The molecule has 0 radical (unpaired) electrons. The van der Waals surface area contributed by atoms with Crippen LogP contribution >= 0.6 is 0 Å². The largest absolute Gasteiger partial charge is 0.306 e. The van der Waals surface area contributed by atoms with E-state index in [4.69, 9.17) is 0 Å². The molecule has 3 rings (SSSR count). The first kappa shape index (κ1) is 13.3. The van der Waals surface area contributed by atoms with Crippen LogP contribution in [0.1, 0.15) is 50.9 Å². The summed E-state index contributed by atoms with van der Waals surface area (Å²) in [7, 11) is 0. The van der Waals surface area contributed by atoms with E-state index in [0.29, 0.717) is 5.92 Å². The van der Waals surface area contributed by atoms with Crippen molar-refractivity contribution in [1.82, 2.24) is 20.1 Å². The number of nitrogens with zero attached hydrogens (tertiary/aromatic N) is 3. The molecule has 1 aliphatic carbocycles. The van der Waals surface area contributed by atoms with Crippen LogP contribution in [0.25, 0.3) is 5.82 Å². The van der Waals surface area contributed by atoms with Gasteiger partial charge in [0.1, 0.15) is 0 Å². The van der Waals surface area contributed by atoms with Crippen LogP contribution in [0.15, 0.2) is 30.5 Å². The lowest BCUT2D eigenvalue weighted by atomic mass is 10.1. The Morgan fingerprint density at radius 1 is 1.25 bits per heavy atom. The highest BCUT2D eigenvalue weighted by atomic mass is 15.3. The normalized spacial score (nSPS) is 15.6. The van der Waals surface area contributed by atoms with Gasteiger partial charge in [-0.2, -0.15) is 5.10 Å². The molecule has 0 saturated heterocycles. The Balaban J connectivity index is 1.75. The standard InChI is InChI=1S/C16H22N4/c1-16(2,3)17-11-13-5-4-6-15(18-13)20-10-9-14(19-20)12-7-8-12/h4-6,9-10,12,17H,7-8,11H2,1-3H3. The minimum Gasteiger partial charge on any atom is -0.306 e. The number of nitrogens with one attached hydrogen (secondary N) is 1. The second-order valence-electron chi connectivity index (χ2n) is 6.55. The van der Waals surface area contributed by atoms with Gasteiger partial charge in [-0.3, -0.25) is 0 Å². The molecule has 2 aromatic rings. The molecular formula is C16H22N4. The zero-order valence-electron chi connectivity index (χ0n) is 12.4. The van der Waals surface area contributed by atoms with E-state index in [-0.39, 0.29) is 5.54 Å². The predicted molar refractivity (Wildman–Crippen MR) is 79.9 cm³/mol. The van der Waals surface area contributed by atoms with E-state index in [1.807, 2.05) is 29.1 Å². The molecule has 1 N–H and O–H groups in total. The van der Waals surface area contributed by atoms with Gasteiger partial charge in [-0.25, -0.2) is 9.67 Å². The van der Waals surface area contributed by atoms with Crippen molar-refractivity contribution >= 4 is 0 Å². The lowest BCUT2D eigenvalue weighted by Gasteiger charge is -2.20. The van der Waals surface area contributed by atoms with Crippen LogP contribution in [0.2, 0.25) is 0 Å². The van der Waals surface area contributed by atoms with E-state index in [2.05, 4.69) is 42.2 Å². The third kappa shape index (κ3) is 3.25. The molecule has 0 spiro atoms. The molecule has 0 aliphatic heterocycles. The Morgan fingerprint density at radius 3 is 2.75 bits per heavy atom. The predicted octanol–water partition coefficient (Wildman–Crippen LogP) is 3.03. The average Bonchev–Trinajstić information content (AvgIpc) is 3.14. The molecule has 4 nitrogen and oxygen atoms in total. The second kappa shape index (κ2) is 5.02. The topological polar surface area (TPSA) is 42.7 Å². The Kier molecular flexibility index (Phi) is 3.34. The van der Waals surface area contributed by atoms with Gasteiger partial charge in [-0.1, -0.05) is 6.07 Å². The molecule has 4 heteroatoms. The van der Waals surface area contributed by atoms with E-state index in [1.54, 1.807) is 0 Å². The maximum Gasteiger partial charge on any atom is 0.153 e. The van der Waals surface area contributed by atoms with Crippen molar-refractivity contribution in [2.45, 2.75) is 51.6 Å². The van der Waals surface area contributed by atoms with Crippen LogP contribution < -0.4 is 5.32 Å². The lowest BCUT2D eigenvalue weighted by Crippen LogP contribution is -2.35. The molecule has 0 amide bonds. The molecule has 0 bridgehead atoms. The summed E-state index contributed by atoms with van der Waals surface area (Å²) in [6.07, 6.45) is 4.57. The zero-order valence-corrected chi connectivity index (χ0v) is 12.4. The molecule has 0 atom stereocenters. The van der Waals surface area contributed by atoms with E-state index in [9.17, 15) is 0 Å². The fourth-order valence-electron chi connectivity index (χ4n) is 2.11. The summed E-state index contributed by atoms with van der Waals surface area (Å²) in [5, 5.41) is 8.08. The van der Waals surface area contributed by atoms with Crippen LogP contribution in [-0.2, 0) is 6.54 Å². The quantitative estimate of drug-likeness (QED) is 0.928. The highest BCUT2D eigenvalue weighted by molar-refractivity contribution is 5.25. The van der Waals surface area contributed by atoms with Crippen LogP contribution in [0.5, 0.6) is 0 Å². The van der Waals surface area contributed by atoms with Gasteiger partial charge in [0.15, 0.2) is 5.82 Å². The van der Waals surface area contributed by atoms with Crippen molar-refractivity contribution in [3.8, 4) is 5.82 Å². The van der Waals surface area contributed by atoms with Crippen molar-refractivity contribution < 1.29 is 0 Å². The molecule has 0 aromatic carbocycles. The van der Waals surface area contributed by atoms with Crippen LogP contribution in [-0.4, -0.2) is 20.3 Å². The number of hydrogen-bond donors (Lipinski definition) is 1. The molecular weight excluding hydrogens is 248 g/mol. The summed E-state index contributed by atoms with van der Waals surface area (Å²) in [5.41, 5.74) is 2.34. The molecule has 106 valence electrons. The summed E-state index contributed by atoms with van der Waals surface area (Å²) >= 11 is 0. The first-order chi connectivity index (χ1) is 9.51. The smallest absolute Gasteiger partial charge is 0.153 e. The van der Waals surface area contributed by atoms with Crippen molar-refractivity contribution in [3.05, 3.63) is 41.9 Å². The Hall–Kier alpha value is -1.68. The van der Waals surface area contributed by atoms with Crippen LogP contribution in [0.4, 0.5) is 0 Å². The molecule has 2 heterocycles. The van der Waals surface area contributed by atoms with Crippen molar-refractivity contribution in [1.29, 1.82) is 0 Å². The van der Waals surface area contributed by atoms with Gasteiger partial charge in [-0.05, 0) is 51.8 Å². The third-order valence-corrected chi connectivity index (χ3v) is 3.43. The Morgan fingerprint density at radius 2 is 2.05 bits per heavy atom. The van der Waals surface area contributed by atoms with Crippen molar-refractivity contribution in [2.75, 3.05) is 0 Å². The number of rotatable bonds is 4. The minimum atomic E-state index is 0.0997. The molecule has 2 aromatic heterocycles. The summed E-state index contributed by atoms with van der Waals surface area (Å²) in [5.74, 6) is 1.58. The monoisotopic (exact) mass is 270 g/mol. The van der Waals surface area contributed by atoms with Gasteiger partial charge in [0.05, 0.1) is 11.4 Å². The number of aromatic nitrogens is 3. The van der Waals surface area contributed by atoms with Gasteiger partial charge >= 0.3 is 0 Å². The highest BCUT2D eigenvalue weighted by Gasteiger charge is 2.25. The van der Waals surface area contributed by atoms with E-state index in [1.165, 1.54) is 18.5 Å². The van der Waals surface area contributed by atoms with Gasteiger partial charge < -0.3 is 5.32 Å². The van der Waals surface area contributed by atoms with Crippen molar-refractivity contribution in [2.24, 2.45) is 0 Å². The average molecular weight is 270 g/mol. The van der Waals surface area contributed by atoms with Gasteiger partial charge in [0.25, 0.3) is 0 Å². The summed E-state index contributed by atoms with van der Waals surface area (Å²) < 4.78 is 1.88. The molecule has 1 saturated carbocycles. The van der Waals surface area contributed by atoms with Crippen molar-refractivity contribution in [3.63, 3.8) is 0 Å². The second-order valence-corrected chi connectivity index (χ2v) is 6.55. The van der Waals surface area contributed by atoms with Gasteiger partial charge in [0.2, 0.25) is 0 Å². The van der Waals surface area contributed by atoms with E-state index < -0.39 is 0 Å². The van der Waals surface area contributed by atoms with Gasteiger partial charge in [0, 0.05) is 24.2 Å². The van der Waals surface area contributed by atoms with Crippen LogP contribution in [0.3, 0.4) is 0 Å². The first-order valence-electron chi connectivity index (χ1n) is 7.28. The summed E-state index contributed by atoms with van der Waals surface area (Å²) in [4.78, 5) is 4.68. The van der Waals surface area contributed by atoms with E-state index in [0.717, 1.165) is 18.1 Å². The van der Waals surface area contributed by atoms with E-state index >= 15 is 0 Å². The maximum atomic E-state index is 4.68. The molecule has 0 unspecified atom stereocenters. The summed E-state index contributed by atoms with van der Waals surface area (Å²) in [6.45, 7) is 7.25. The highest BCUT2D eigenvalue weighted by Crippen LogP contribution is 2.38. The Labute approximate surface area is 120 Å². The molecule has 1 fully saturated rings. The number of hydrogen-bond acceptors (Lipinski definition) is 3. The van der Waals surface area contributed by atoms with Crippen LogP contribution in [0, 0.1) is 0 Å². The molecule has 20 heavy (non-hydrogen) atoms. The first-order valence-corrected chi connectivity index (χ1v) is 7.28. The maximum absolute atomic E-state index is 4.68.